The van der Waals surface area contributed by atoms with E-state index in [-0.39, 0.29) is 0 Å². The molecule has 1 N–H and O–H groups in total. The fourth-order valence-corrected chi connectivity index (χ4v) is 3.74. The molecule has 1 amide bonds. The van der Waals surface area contributed by atoms with Crippen LogP contribution in [0.25, 0.3) is 11.3 Å². The van der Waals surface area contributed by atoms with Gasteiger partial charge in [-0.15, -0.1) is 0 Å². The van der Waals surface area contributed by atoms with Crippen molar-refractivity contribution in [2.45, 2.75) is 6.54 Å². The third-order valence-electron chi connectivity index (χ3n) is 4.51. The van der Waals surface area contributed by atoms with E-state index in [2.05, 4.69) is 26.5 Å². The Morgan fingerprint density at radius 2 is 1.83 bits per heavy atom. The van der Waals surface area contributed by atoms with Gasteiger partial charge in [0.25, 0.3) is 0 Å². The van der Waals surface area contributed by atoms with Gasteiger partial charge in [0.15, 0.2) is 11.5 Å². The van der Waals surface area contributed by atoms with Gasteiger partial charge in [-0.25, -0.2) is 0 Å². The molecule has 30 heavy (non-hydrogen) atoms. The molecule has 0 fully saturated rings. The molecule has 1 aromatic heterocycles. The van der Waals surface area contributed by atoms with Crippen molar-refractivity contribution in [3.8, 4) is 28.5 Å². The molecule has 0 unspecified atom stereocenters. The standard InChI is InChI=1S/C21H23BrN4O4/c1-25-20(17(22)11-23-25)15-6-5-7-16(10-15)24-26(13-27)12-14-8-18(28-2)21(30-4)19(9-14)29-3/h5-11,13,24H,12H2,1-4H3. The molecular weight excluding hydrogens is 452 g/mol. The Labute approximate surface area is 183 Å². The minimum Gasteiger partial charge on any atom is -0.493 e. The number of nitrogens with zero attached hydrogens (tertiary/aromatic N) is 3. The minimum absolute atomic E-state index is 0.292. The van der Waals surface area contributed by atoms with Crippen LogP contribution in [0.4, 0.5) is 5.69 Å². The van der Waals surface area contributed by atoms with Gasteiger partial charge in [0.05, 0.1) is 49.9 Å². The van der Waals surface area contributed by atoms with E-state index in [1.165, 1.54) is 5.01 Å². The van der Waals surface area contributed by atoms with Gasteiger partial charge in [0.2, 0.25) is 12.2 Å². The Kier molecular flexibility index (Phi) is 6.83. The summed E-state index contributed by atoms with van der Waals surface area (Å²) in [4.78, 5) is 11.7. The van der Waals surface area contributed by atoms with E-state index in [0.29, 0.717) is 23.8 Å². The second-order valence-corrected chi connectivity index (χ2v) is 7.28. The average Bonchev–Trinajstić information content (AvgIpc) is 3.10. The van der Waals surface area contributed by atoms with Crippen LogP contribution < -0.4 is 19.6 Å². The molecule has 0 spiro atoms. The van der Waals surface area contributed by atoms with Crippen molar-refractivity contribution in [2.24, 2.45) is 7.05 Å². The number of halogens is 1. The molecule has 2 aromatic carbocycles. The summed E-state index contributed by atoms with van der Waals surface area (Å²) in [5.41, 5.74) is 6.62. The molecule has 0 saturated carbocycles. The van der Waals surface area contributed by atoms with Gasteiger partial charge < -0.3 is 14.2 Å². The molecule has 0 atom stereocenters. The highest BCUT2D eigenvalue weighted by molar-refractivity contribution is 9.10. The molecule has 3 aromatic rings. The van der Waals surface area contributed by atoms with Gasteiger partial charge >= 0.3 is 0 Å². The van der Waals surface area contributed by atoms with Crippen LogP contribution in [-0.2, 0) is 18.4 Å². The summed E-state index contributed by atoms with van der Waals surface area (Å²) < 4.78 is 18.8. The number of methoxy groups -OCH3 is 3. The number of anilines is 1. The van der Waals surface area contributed by atoms with Gasteiger partial charge in [-0.1, -0.05) is 12.1 Å². The van der Waals surface area contributed by atoms with E-state index in [9.17, 15) is 4.79 Å². The number of amides is 1. The van der Waals surface area contributed by atoms with Crippen LogP contribution >= 0.6 is 15.9 Å². The molecule has 0 aliphatic heterocycles. The Balaban J connectivity index is 1.83. The lowest BCUT2D eigenvalue weighted by Gasteiger charge is -2.21. The smallest absolute Gasteiger partial charge is 0.228 e. The average molecular weight is 475 g/mol. The van der Waals surface area contributed by atoms with Crippen LogP contribution in [0.3, 0.4) is 0 Å². The maximum Gasteiger partial charge on any atom is 0.228 e. The molecule has 158 valence electrons. The van der Waals surface area contributed by atoms with Gasteiger partial charge in [-0.05, 0) is 45.8 Å². The van der Waals surface area contributed by atoms with Crippen molar-refractivity contribution in [3.63, 3.8) is 0 Å². The number of aryl methyl sites for hydroxylation is 1. The number of aromatic nitrogens is 2. The summed E-state index contributed by atoms with van der Waals surface area (Å²) in [5, 5.41) is 5.69. The Morgan fingerprint density at radius 1 is 1.13 bits per heavy atom. The van der Waals surface area contributed by atoms with Gasteiger partial charge in [-0.3, -0.25) is 19.9 Å². The fraction of sp³-hybridized carbons (Fsp3) is 0.238. The van der Waals surface area contributed by atoms with Gasteiger partial charge in [-0.2, -0.15) is 5.10 Å². The predicted octanol–water partition coefficient (Wildman–Crippen LogP) is 3.86. The highest BCUT2D eigenvalue weighted by Crippen LogP contribution is 2.38. The van der Waals surface area contributed by atoms with E-state index >= 15 is 0 Å². The number of nitrogens with one attached hydrogen (secondary N) is 1. The first-order chi connectivity index (χ1) is 14.5. The first-order valence-electron chi connectivity index (χ1n) is 9.06. The van der Waals surface area contributed by atoms with E-state index in [4.69, 9.17) is 14.2 Å². The zero-order valence-electron chi connectivity index (χ0n) is 17.2. The van der Waals surface area contributed by atoms with Crippen molar-refractivity contribution in [3.05, 3.63) is 52.6 Å². The van der Waals surface area contributed by atoms with Crippen LogP contribution in [0.5, 0.6) is 17.2 Å². The van der Waals surface area contributed by atoms with Crippen LogP contribution in [-0.4, -0.2) is 42.5 Å². The van der Waals surface area contributed by atoms with E-state index < -0.39 is 0 Å². The topological polar surface area (TPSA) is 77.9 Å². The Hall–Kier alpha value is -3.20. The quantitative estimate of drug-likeness (QED) is 0.374. The lowest BCUT2D eigenvalue weighted by molar-refractivity contribution is -0.117. The molecule has 1 heterocycles. The Morgan fingerprint density at radius 3 is 2.37 bits per heavy atom. The van der Waals surface area contributed by atoms with E-state index in [0.717, 1.165) is 33.4 Å². The second-order valence-electron chi connectivity index (χ2n) is 6.42. The lowest BCUT2D eigenvalue weighted by atomic mass is 10.1. The van der Waals surface area contributed by atoms with Gasteiger partial charge in [0.1, 0.15) is 0 Å². The largest absolute Gasteiger partial charge is 0.493 e. The third kappa shape index (κ3) is 4.51. The van der Waals surface area contributed by atoms with Crippen LogP contribution in [0.15, 0.2) is 47.1 Å². The number of hydrogen-bond donors (Lipinski definition) is 1. The third-order valence-corrected chi connectivity index (χ3v) is 5.09. The summed E-state index contributed by atoms with van der Waals surface area (Å²) in [6.07, 6.45) is 2.48. The maximum atomic E-state index is 11.7. The van der Waals surface area contributed by atoms with Crippen LogP contribution in [0.2, 0.25) is 0 Å². The number of hydrazine groups is 1. The Bertz CT molecular complexity index is 993. The molecule has 3 rings (SSSR count). The monoisotopic (exact) mass is 474 g/mol. The number of carbonyl (C=O) groups excluding carboxylic acids is 1. The zero-order chi connectivity index (χ0) is 21.7. The summed E-state index contributed by atoms with van der Waals surface area (Å²) in [6, 6.07) is 11.4. The normalized spacial score (nSPS) is 10.4. The first-order valence-corrected chi connectivity index (χ1v) is 9.85. The molecule has 0 saturated heterocycles. The summed E-state index contributed by atoms with van der Waals surface area (Å²) >= 11 is 3.52. The second kappa shape index (κ2) is 9.53. The van der Waals surface area contributed by atoms with Crippen molar-refractivity contribution in [2.75, 3.05) is 26.8 Å². The highest BCUT2D eigenvalue weighted by atomic mass is 79.9. The van der Waals surface area contributed by atoms with Crippen molar-refractivity contribution >= 4 is 28.0 Å². The number of rotatable bonds is 9. The van der Waals surface area contributed by atoms with Crippen molar-refractivity contribution < 1.29 is 19.0 Å². The van der Waals surface area contributed by atoms with E-state index in [1.807, 2.05) is 43.4 Å². The first kappa shape index (κ1) is 21.5. The SMILES string of the molecule is COc1cc(CN(C=O)Nc2cccc(-c3c(Br)cnn3C)c2)cc(OC)c1OC. The minimum atomic E-state index is 0.292. The number of carbonyl (C=O) groups is 1. The molecule has 0 bridgehead atoms. The number of benzene rings is 2. The molecule has 0 radical (unpaired) electrons. The summed E-state index contributed by atoms with van der Waals surface area (Å²) in [5.74, 6) is 1.56. The molecule has 0 aliphatic carbocycles. The van der Waals surface area contributed by atoms with Crippen molar-refractivity contribution in [1.29, 1.82) is 0 Å². The van der Waals surface area contributed by atoms with Crippen LogP contribution in [0.1, 0.15) is 5.56 Å². The predicted molar refractivity (Wildman–Crippen MR) is 118 cm³/mol. The maximum absolute atomic E-state index is 11.7. The molecule has 0 aliphatic rings. The van der Waals surface area contributed by atoms with Crippen molar-refractivity contribution in [1.82, 2.24) is 14.8 Å². The molecule has 8 nitrogen and oxygen atoms in total. The summed E-state index contributed by atoms with van der Waals surface area (Å²) in [7, 11) is 6.53. The molecular formula is C21H23BrN4O4. The van der Waals surface area contributed by atoms with E-state index in [1.54, 1.807) is 32.2 Å². The zero-order valence-corrected chi connectivity index (χ0v) is 18.8. The molecule has 9 heteroatoms. The highest BCUT2D eigenvalue weighted by Gasteiger charge is 2.15. The number of ether oxygens (including phenoxy) is 3. The van der Waals surface area contributed by atoms with Crippen LogP contribution in [0, 0.1) is 0 Å². The van der Waals surface area contributed by atoms with Gasteiger partial charge in [0, 0.05) is 12.6 Å². The fourth-order valence-electron chi connectivity index (χ4n) is 3.16. The lowest BCUT2D eigenvalue weighted by Crippen LogP contribution is -2.27. The number of hydrogen-bond acceptors (Lipinski definition) is 6. The summed E-state index contributed by atoms with van der Waals surface area (Å²) in [6.45, 7) is 0.292.